The van der Waals surface area contributed by atoms with Crippen LogP contribution in [0.15, 0.2) is 18.2 Å². The average molecular weight is 445 g/mol. The highest BCUT2D eigenvalue weighted by Crippen LogP contribution is 2.28. The van der Waals surface area contributed by atoms with E-state index in [4.69, 9.17) is 0 Å². The summed E-state index contributed by atoms with van der Waals surface area (Å²) in [5.74, 6) is 0.191. The van der Waals surface area contributed by atoms with Crippen LogP contribution in [0, 0.1) is 5.82 Å². The molecule has 4 rings (SSSR count). The lowest BCUT2D eigenvalue weighted by Gasteiger charge is -2.33. The number of halogens is 1. The van der Waals surface area contributed by atoms with Crippen LogP contribution in [0.3, 0.4) is 0 Å². The Kier molecular flexibility index (Phi) is 7.24. The van der Waals surface area contributed by atoms with Crippen molar-refractivity contribution in [1.82, 2.24) is 15.0 Å². The van der Waals surface area contributed by atoms with Crippen LogP contribution >= 0.6 is 0 Å². The van der Waals surface area contributed by atoms with E-state index in [-0.39, 0.29) is 12.1 Å². The minimum Gasteiger partial charge on any atom is -0.505 e. The van der Waals surface area contributed by atoms with Gasteiger partial charge in [0.25, 0.3) is 0 Å². The Labute approximate surface area is 188 Å². The van der Waals surface area contributed by atoms with Gasteiger partial charge in [-0.2, -0.15) is 15.0 Å². The smallest absolute Gasteiger partial charge is 0.233 e. The Morgan fingerprint density at radius 1 is 0.969 bits per heavy atom. The summed E-state index contributed by atoms with van der Waals surface area (Å²) < 4.78 is 13.8. The molecule has 4 N–H and O–H groups in total. The van der Waals surface area contributed by atoms with Gasteiger partial charge in [0.2, 0.25) is 17.8 Å². The highest BCUT2D eigenvalue weighted by molar-refractivity contribution is 5.57. The van der Waals surface area contributed by atoms with Gasteiger partial charge in [0.1, 0.15) is 0 Å². The topological polar surface area (TPSA) is 106 Å². The van der Waals surface area contributed by atoms with Gasteiger partial charge < -0.3 is 25.7 Å². The van der Waals surface area contributed by atoms with E-state index in [0.717, 1.165) is 32.1 Å². The first kappa shape index (κ1) is 22.5. The van der Waals surface area contributed by atoms with Crippen molar-refractivity contribution in [1.29, 1.82) is 0 Å². The number of hydrogen-bond donors (Lipinski definition) is 4. The Balaban J connectivity index is 1.59. The molecule has 0 aliphatic heterocycles. The summed E-state index contributed by atoms with van der Waals surface area (Å²) >= 11 is 0. The van der Waals surface area contributed by atoms with Crippen LogP contribution in [0.25, 0.3) is 0 Å². The third kappa shape index (κ3) is 5.76. The number of anilines is 4. The van der Waals surface area contributed by atoms with E-state index in [2.05, 4.69) is 25.6 Å². The predicted octanol–water partition coefficient (Wildman–Crippen LogP) is 4.33. The van der Waals surface area contributed by atoms with E-state index in [1.54, 1.807) is 6.07 Å². The summed E-state index contributed by atoms with van der Waals surface area (Å²) in [6, 6.07) is 4.53. The fourth-order valence-corrected chi connectivity index (χ4v) is 4.62. The van der Waals surface area contributed by atoms with Gasteiger partial charge in [0.15, 0.2) is 11.6 Å². The normalized spacial score (nSPS) is 22.2. The standard InChI is InChI=1S/C23H33FN6O2/c1-30(17-9-6-10-18(31)14-17)23-28-21(25-15-7-4-2-3-5-8-15)27-22(29-23)26-16-11-12-20(32)19(24)13-16/h11-13,15,17-18,31-32H,2-10,14H2,1H3,(H2,25,26,27,28,29). The molecule has 0 radical (unpaired) electrons. The number of nitrogens with zero attached hydrogens (tertiary/aromatic N) is 4. The molecule has 2 saturated carbocycles. The van der Waals surface area contributed by atoms with Crippen molar-refractivity contribution in [3.63, 3.8) is 0 Å². The monoisotopic (exact) mass is 444 g/mol. The van der Waals surface area contributed by atoms with Gasteiger partial charge in [-0.05, 0) is 50.7 Å². The van der Waals surface area contributed by atoms with Crippen LogP contribution in [0.4, 0.5) is 27.9 Å². The summed E-state index contributed by atoms with van der Waals surface area (Å²) in [7, 11) is 1.94. The third-order valence-corrected chi connectivity index (χ3v) is 6.50. The van der Waals surface area contributed by atoms with Crippen LogP contribution in [0.2, 0.25) is 0 Å². The SMILES string of the molecule is CN(c1nc(Nc2ccc(O)c(F)c2)nc(NC2CCCCCC2)n1)C1CCCC(O)C1. The van der Waals surface area contributed by atoms with E-state index < -0.39 is 11.6 Å². The molecule has 1 heterocycles. The number of benzene rings is 1. The average Bonchev–Trinajstić information content (AvgIpc) is 3.04. The lowest BCUT2D eigenvalue weighted by atomic mass is 9.92. The summed E-state index contributed by atoms with van der Waals surface area (Å²) in [4.78, 5) is 15.8. The molecule has 2 aliphatic rings. The molecule has 2 aliphatic carbocycles. The van der Waals surface area contributed by atoms with Crippen molar-refractivity contribution < 1.29 is 14.6 Å². The van der Waals surface area contributed by atoms with E-state index >= 15 is 0 Å². The number of rotatable bonds is 6. The first-order valence-corrected chi connectivity index (χ1v) is 11.7. The molecule has 1 aromatic carbocycles. The first-order valence-electron chi connectivity index (χ1n) is 11.7. The number of aromatic hydroxyl groups is 1. The molecule has 2 atom stereocenters. The summed E-state index contributed by atoms with van der Waals surface area (Å²) in [5.41, 5.74) is 0.439. The molecular weight excluding hydrogens is 411 g/mol. The van der Waals surface area contributed by atoms with Crippen LogP contribution in [0.5, 0.6) is 5.75 Å². The maximum absolute atomic E-state index is 13.8. The first-order chi connectivity index (χ1) is 15.5. The van der Waals surface area contributed by atoms with Gasteiger partial charge in [-0.1, -0.05) is 25.7 Å². The molecule has 0 amide bonds. The number of nitrogens with one attached hydrogen (secondary N) is 2. The van der Waals surface area contributed by atoms with Crippen molar-refractivity contribution in [3.8, 4) is 5.75 Å². The van der Waals surface area contributed by atoms with Crippen molar-refractivity contribution in [2.45, 2.75) is 82.4 Å². The van der Waals surface area contributed by atoms with Crippen molar-refractivity contribution in [2.75, 3.05) is 22.6 Å². The largest absolute Gasteiger partial charge is 0.505 e. The zero-order valence-corrected chi connectivity index (χ0v) is 18.6. The highest BCUT2D eigenvalue weighted by atomic mass is 19.1. The fraction of sp³-hybridized carbons (Fsp3) is 0.609. The van der Waals surface area contributed by atoms with Gasteiger partial charge in [-0.15, -0.1) is 0 Å². The molecule has 2 unspecified atom stereocenters. The Bertz CT molecular complexity index is 906. The maximum atomic E-state index is 13.8. The number of phenolic OH excluding ortho intramolecular Hbond substituents is 1. The number of aromatic nitrogens is 3. The van der Waals surface area contributed by atoms with Gasteiger partial charge in [-0.25, -0.2) is 4.39 Å². The van der Waals surface area contributed by atoms with Gasteiger partial charge in [0, 0.05) is 30.9 Å². The molecule has 2 aromatic rings. The molecule has 0 saturated heterocycles. The summed E-state index contributed by atoms with van der Waals surface area (Å²) in [6.07, 6.45) is 10.2. The van der Waals surface area contributed by atoms with Crippen LogP contribution in [0.1, 0.15) is 64.2 Å². The molecule has 1 aromatic heterocycles. The minimum atomic E-state index is -0.714. The van der Waals surface area contributed by atoms with Gasteiger partial charge >= 0.3 is 0 Å². The summed E-state index contributed by atoms with van der Waals surface area (Å²) in [6.45, 7) is 0. The Morgan fingerprint density at radius 2 is 1.72 bits per heavy atom. The number of hydrogen-bond acceptors (Lipinski definition) is 8. The number of aliphatic hydroxyl groups excluding tert-OH is 1. The third-order valence-electron chi connectivity index (χ3n) is 6.50. The lowest BCUT2D eigenvalue weighted by molar-refractivity contribution is 0.119. The van der Waals surface area contributed by atoms with Crippen molar-refractivity contribution >= 4 is 23.5 Å². The fourth-order valence-electron chi connectivity index (χ4n) is 4.62. The second-order valence-corrected chi connectivity index (χ2v) is 8.99. The Morgan fingerprint density at radius 3 is 2.44 bits per heavy atom. The highest BCUT2D eigenvalue weighted by Gasteiger charge is 2.26. The lowest BCUT2D eigenvalue weighted by Crippen LogP contribution is -2.39. The second-order valence-electron chi connectivity index (χ2n) is 8.99. The van der Waals surface area contributed by atoms with E-state index in [1.165, 1.54) is 37.8 Å². The molecule has 174 valence electrons. The van der Waals surface area contributed by atoms with Crippen LogP contribution < -0.4 is 15.5 Å². The predicted molar refractivity (Wildman–Crippen MR) is 123 cm³/mol. The number of aliphatic hydroxyl groups is 1. The molecule has 0 bridgehead atoms. The van der Waals surface area contributed by atoms with E-state index in [0.29, 0.717) is 36.0 Å². The molecule has 8 nitrogen and oxygen atoms in total. The van der Waals surface area contributed by atoms with Crippen LogP contribution in [-0.2, 0) is 0 Å². The maximum Gasteiger partial charge on any atom is 0.233 e. The molecule has 2 fully saturated rings. The van der Waals surface area contributed by atoms with E-state index in [9.17, 15) is 14.6 Å². The number of phenols is 1. The zero-order chi connectivity index (χ0) is 22.5. The minimum absolute atomic E-state index is 0.144. The molecule has 0 spiro atoms. The quantitative estimate of drug-likeness (QED) is 0.385. The van der Waals surface area contributed by atoms with Gasteiger partial charge in [0.05, 0.1) is 6.10 Å². The molecule has 9 heteroatoms. The van der Waals surface area contributed by atoms with E-state index in [1.807, 2.05) is 11.9 Å². The Hall–Kier alpha value is -2.68. The second kappa shape index (κ2) is 10.3. The molecule has 32 heavy (non-hydrogen) atoms. The molecular formula is C23H33FN6O2. The van der Waals surface area contributed by atoms with Crippen molar-refractivity contribution in [2.24, 2.45) is 0 Å². The van der Waals surface area contributed by atoms with Crippen LogP contribution in [-0.4, -0.2) is 50.4 Å². The summed E-state index contributed by atoms with van der Waals surface area (Å²) in [5, 5.41) is 26.1. The van der Waals surface area contributed by atoms with Gasteiger partial charge in [-0.3, -0.25) is 0 Å². The van der Waals surface area contributed by atoms with Crippen molar-refractivity contribution in [3.05, 3.63) is 24.0 Å². The zero-order valence-electron chi connectivity index (χ0n) is 18.6.